The number of nitrogens with zero attached hydrogens (tertiary/aromatic N) is 2. The van der Waals surface area contributed by atoms with Gasteiger partial charge >= 0.3 is 5.82 Å². The van der Waals surface area contributed by atoms with E-state index in [2.05, 4.69) is 4.98 Å². The van der Waals surface area contributed by atoms with Crippen molar-refractivity contribution in [2.24, 2.45) is 0 Å². The first-order valence-corrected chi connectivity index (χ1v) is 6.40. The first-order valence-electron chi connectivity index (χ1n) is 6.02. The molecule has 0 saturated heterocycles. The van der Waals surface area contributed by atoms with Crippen LogP contribution in [0.15, 0.2) is 36.4 Å². The number of halogens is 1. The van der Waals surface area contributed by atoms with E-state index in [4.69, 9.17) is 16.3 Å². The second-order valence-corrected chi connectivity index (χ2v) is 4.72. The molecule has 20 heavy (non-hydrogen) atoms. The highest BCUT2D eigenvalue weighted by molar-refractivity contribution is 6.31. The molecule has 0 bridgehead atoms. The molecular weight excluding hydrogens is 280 g/mol. The molecular formula is C14H13ClN2O3. The highest BCUT2D eigenvalue weighted by atomic mass is 35.5. The Bertz CT molecular complexity index is 646. The number of nitro groups is 1. The zero-order valence-corrected chi connectivity index (χ0v) is 11.8. The Hall–Kier alpha value is -2.14. The van der Waals surface area contributed by atoms with Crippen LogP contribution in [-0.4, -0.2) is 9.91 Å². The largest absolute Gasteiger partial charge is 0.478 e. The van der Waals surface area contributed by atoms with Crippen molar-refractivity contribution >= 4 is 17.4 Å². The maximum atomic E-state index is 11.0. The number of benzene rings is 1. The normalized spacial score (nSPS) is 11.9. The van der Waals surface area contributed by atoms with Crippen LogP contribution in [0.25, 0.3) is 0 Å². The summed E-state index contributed by atoms with van der Waals surface area (Å²) in [5.74, 6) is -0.156. The Morgan fingerprint density at radius 2 is 2.00 bits per heavy atom. The molecule has 6 heteroatoms. The van der Waals surface area contributed by atoms with Crippen molar-refractivity contribution in [2.75, 3.05) is 0 Å². The topological polar surface area (TPSA) is 65.3 Å². The molecule has 0 radical (unpaired) electrons. The lowest BCUT2D eigenvalue weighted by molar-refractivity contribution is -0.390. The summed E-state index contributed by atoms with van der Waals surface area (Å²) in [6.07, 6.45) is -0.410. The van der Waals surface area contributed by atoms with Crippen LogP contribution >= 0.6 is 11.6 Å². The number of aromatic nitrogens is 1. The molecule has 1 heterocycles. The first-order chi connectivity index (χ1) is 9.49. The summed E-state index contributed by atoms with van der Waals surface area (Å²) in [5, 5.41) is 11.6. The maximum Gasteiger partial charge on any atom is 0.406 e. The van der Waals surface area contributed by atoms with Gasteiger partial charge in [-0.2, -0.15) is 0 Å². The summed E-state index contributed by atoms with van der Waals surface area (Å²) in [6, 6.07) is 10.4. The lowest BCUT2D eigenvalue weighted by atomic mass is 10.1. The highest BCUT2D eigenvalue weighted by Gasteiger charge is 2.21. The van der Waals surface area contributed by atoms with Crippen LogP contribution in [0, 0.1) is 17.0 Å². The van der Waals surface area contributed by atoms with Gasteiger partial charge < -0.3 is 14.9 Å². The number of rotatable bonds is 4. The minimum Gasteiger partial charge on any atom is -0.478 e. The molecule has 0 N–H and O–H groups in total. The van der Waals surface area contributed by atoms with E-state index >= 15 is 0 Å². The third-order valence-electron chi connectivity index (χ3n) is 2.80. The van der Waals surface area contributed by atoms with Gasteiger partial charge in [-0.3, -0.25) is 0 Å². The number of aryl methyl sites for hydroxylation is 1. The van der Waals surface area contributed by atoms with Gasteiger partial charge in [-0.15, -0.1) is 0 Å². The Morgan fingerprint density at radius 3 is 2.65 bits per heavy atom. The van der Waals surface area contributed by atoms with Crippen LogP contribution in [0.2, 0.25) is 5.02 Å². The van der Waals surface area contributed by atoms with Gasteiger partial charge in [0, 0.05) is 17.5 Å². The van der Waals surface area contributed by atoms with E-state index in [-0.39, 0.29) is 11.6 Å². The predicted molar refractivity (Wildman–Crippen MR) is 76.1 cm³/mol. The van der Waals surface area contributed by atoms with Gasteiger partial charge in [0.2, 0.25) is 5.75 Å². The van der Waals surface area contributed by atoms with Crippen molar-refractivity contribution in [3.63, 3.8) is 0 Å². The van der Waals surface area contributed by atoms with Crippen molar-refractivity contribution in [3.8, 4) is 5.75 Å². The number of ether oxygens (including phenoxy) is 1. The SMILES string of the molecule is Cc1ccc(OC(C)c2ccccc2Cl)c([N+](=O)[O-])n1. The molecule has 104 valence electrons. The molecule has 5 nitrogen and oxygen atoms in total. The second kappa shape index (κ2) is 5.88. The van der Waals surface area contributed by atoms with Crippen molar-refractivity contribution < 1.29 is 9.66 Å². The highest BCUT2D eigenvalue weighted by Crippen LogP contribution is 2.31. The average Bonchev–Trinajstić information content (AvgIpc) is 2.41. The molecule has 1 aromatic carbocycles. The summed E-state index contributed by atoms with van der Waals surface area (Å²) >= 11 is 6.08. The zero-order chi connectivity index (χ0) is 14.7. The van der Waals surface area contributed by atoms with E-state index in [1.54, 1.807) is 32.0 Å². The van der Waals surface area contributed by atoms with Crippen LogP contribution < -0.4 is 4.74 Å². The Balaban J connectivity index is 2.31. The molecule has 2 aromatic rings. The van der Waals surface area contributed by atoms with Gasteiger partial charge in [0.15, 0.2) is 0 Å². The molecule has 0 aliphatic heterocycles. The first kappa shape index (κ1) is 14.3. The molecule has 1 atom stereocenters. The van der Waals surface area contributed by atoms with Crippen LogP contribution in [-0.2, 0) is 0 Å². The maximum absolute atomic E-state index is 11.0. The van der Waals surface area contributed by atoms with E-state index in [0.29, 0.717) is 10.7 Å². The predicted octanol–water partition coefficient (Wildman–Crippen LogP) is 4.09. The standard InChI is InChI=1S/C14H13ClN2O3/c1-9-7-8-13(14(16-9)17(18)19)20-10(2)11-5-3-4-6-12(11)15/h3-8,10H,1-2H3. The fourth-order valence-corrected chi connectivity index (χ4v) is 2.10. The summed E-state index contributed by atoms with van der Waals surface area (Å²) in [5.41, 5.74) is 1.33. The Kier molecular flexibility index (Phi) is 4.20. The van der Waals surface area contributed by atoms with E-state index in [0.717, 1.165) is 5.56 Å². The monoisotopic (exact) mass is 292 g/mol. The summed E-state index contributed by atoms with van der Waals surface area (Å²) in [6.45, 7) is 3.47. The third-order valence-corrected chi connectivity index (χ3v) is 3.14. The summed E-state index contributed by atoms with van der Waals surface area (Å²) in [7, 11) is 0. The van der Waals surface area contributed by atoms with Crippen LogP contribution in [0.1, 0.15) is 24.3 Å². The van der Waals surface area contributed by atoms with Crippen LogP contribution in [0.4, 0.5) is 5.82 Å². The van der Waals surface area contributed by atoms with E-state index in [1.807, 2.05) is 18.2 Å². The van der Waals surface area contributed by atoms with E-state index in [1.165, 1.54) is 0 Å². The third kappa shape index (κ3) is 3.05. The van der Waals surface area contributed by atoms with Crippen molar-refractivity contribution in [3.05, 3.63) is 62.8 Å². The van der Waals surface area contributed by atoms with Crippen LogP contribution in [0.5, 0.6) is 5.75 Å². The molecule has 0 saturated carbocycles. The summed E-state index contributed by atoms with van der Waals surface area (Å²) in [4.78, 5) is 14.3. The molecule has 0 aliphatic rings. The minimum absolute atomic E-state index is 0.132. The number of hydrogen-bond donors (Lipinski definition) is 0. The number of hydrogen-bond acceptors (Lipinski definition) is 4. The lowest BCUT2D eigenvalue weighted by Gasteiger charge is -2.15. The molecule has 1 unspecified atom stereocenters. The fourth-order valence-electron chi connectivity index (χ4n) is 1.81. The van der Waals surface area contributed by atoms with Gasteiger partial charge in [0.25, 0.3) is 0 Å². The molecule has 2 rings (SSSR count). The molecule has 0 spiro atoms. The fraction of sp³-hybridized carbons (Fsp3) is 0.214. The van der Waals surface area contributed by atoms with Gasteiger partial charge in [-0.05, 0) is 35.0 Å². The molecule has 0 fully saturated rings. The number of pyridine rings is 1. The van der Waals surface area contributed by atoms with Gasteiger partial charge in [0.1, 0.15) is 11.8 Å². The van der Waals surface area contributed by atoms with Crippen LogP contribution in [0.3, 0.4) is 0 Å². The molecule has 1 aromatic heterocycles. The van der Waals surface area contributed by atoms with E-state index < -0.39 is 11.0 Å². The average molecular weight is 293 g/mol. The molecule has 0 aliphatic carbocycles. The Morgan fingerprint density at radius 1 is 1.30 bits per heavy atom. The zero-order valence-electron chi connectivity index (χ0n) is 11.0. The van der Waals surface area contributed by atoms with Gasteiger partial charge in [-0.1, -0.05) is 29.8 Å². The second-order valence-electron chi connectivity index (χ2n) is 4.31. The van der Waals surface area contributed by atoms with Crippen molar-refractivity contribution in [1.29, 1.82) is 0 Å². The smallest absolute Gasteiger partial charge is 0.406 e. The minimum atomic E-state index is -0.554. The molecule has 0 amide bonds. The van der Waals surface area contributed by atoms with Crippen molar-refractivity contribution in [1.82, 2.24) is 4.98 Å². The van der Waals surface area contributed by atoms with Gasteiger partial charge in [0.05, 0.1) is 0 Å². The van der Waals surface area contributed by atoms with Crippen molar-refractivity contribution in [2.45, 2.75) is 20.0 Å². The van der Waals surface area contributed by atoms with E-state index in [9.17, 15) is 10.1 Å². The quantitative estimate of drug-likeness (QED) is 0.629. The Labute approximate surface area is 121 Å². The van der Waals surface area contributed by atoms with Gasteiger partial charge in [-0.25, -0.2) is 0 Å². The lowest BCUT2D eigenvalue weighted by Crippen LogP contribution is -2.06. The summed E-state index contributed by atoms with van der Waals surface area (Å²) < 4.78 is 5.64.